The Morgan fingerprint density at radius 2 is 1.80 bits per heavy atom. The number of nitrogens with zero attached hydrogens (tertiary/aromatic N) is 1. The van der Waals surface area contributed by atoms with Crippen LogP contribution in [0.2, 0.25) is 0 Å². The van der Waals surface area contributed by atoms with Gasteiger partial charge in [-0.05, 0) is 31.2 Å². The molecule has 4 nitrogen and oxygen atoms in total. The molecular formula is C9H19ClN2O2S. The summed E-state index contributed by atoms with van der Waals surface area (Å²) in [4.78, 5) is 0. The second kappa shape index (κ2) is 4.57. The molecule has 0 aromatic heterocycles. The SMILES string of the molecule is CS(=O)(=O)N1CCC2(CCNC2)CC1.Cl. The number of hydrogen-bond acceptors (Lipinski definition) is 3. The molecule has 0 bridgehead atoms. The van der Waals surface area contributed by atoms with Gasteiger partial charge in [-0.15, -0.1) is 12.4 Å². The summed E-state index contributed by atoms with van der Waals surface area (Å²) in [7, 11) is -2.96. The van der Waals surface area contributed by atoms with E-state index in [4.69, 9.17) is 0 Å². The van der Waals surface area contributed by atoms with Crippen molar-refractivity contribution in [2.45, 2.75) is 19.3 Å². The van der Waals surface area contributed by atoms with Gasteiger partial charge in [-0.25, -0.2) is 12.7 Å². The summed E-state index contributed by atoms with van der Waals surface area (Å²) in [5.41, 5.74) is 0.404. The zero-order valence-corrected chi connectivity index (χ0v) is 10.7. The summed E-state index contributed by atoms with van der Waals surface area (Å²) >= 11 is 0. The maximum Gasteiger partial charge on any atom is 0.211 e. The monoisotopic (exact) mass is 254 g/mol. The molecule has 2 aliphatic rings. The Labute approximate surface area is 97.9 Å². The Bertz CT molecular complexity index is 302. The van der Waals surface area contributed by atoms with Crippen LogP contribution < -0.4 is 5.32 Å². The predicted octanol–water partition coefficient (Wildman–Crippen LogP) is 0.443. The lowest BCUT2D eigenvalue weighted by molar-refractivity contribution is 0.175. The number of sulfonamides is 1. The van der Waals surface area contributed by atoms with E-state index in [1.807, 2.05) is 0 Å². The summed E-state index contributed by atoms with van der Waals surface area (Å²) in [5, 5.41) is 3.37. The molecule has 2 aliphatic heterocycles. The molecule has 2 heterocycles. The van der Waals surface area contributed by atoms with Crippen LogP contribution in [0.25, 0.3) is 0 Å². The quantitative estimate of drug-likeness (QED) is 0.739. The molecule has 0 atom stereocenters. The standard InChI is InChI=1S/C9H18N2O2S.ClH/c1-14(12,13)11-6-3-9(4-7-11)2-5-10-8-9;/h10H,2-8H2,1H3;1H. The van der Waals surface area contributed by atoms with Crippen molar-refractivity contribution in [3.8, 4) is 0 Å². The van der Waals surface area contributed by atoms with Crippen LogP contribution in [0.1, 0.15) is 19.3 Å². The van der Waals surface area contributed by atoms with Gasteiger partial charge in [0.1, 0.15) is 0 Å². The molecule has 0 unspecified atom stereocenters. The highest BCUT2D eigenvalue weighted by molar-refractivity contribution is 7.88. The Kier molecular flexibility index (Phi) is 4.03. The fourth-order valence-electron chi connectivity index (χ4n) is 2.51. The lowest BCUT2D eigenvalue weighted by atomic mass is 9.78. The molecular weight excluding hydrogens is 236 g/mol. The first-order chi connectivity index (χ1) is 6.52. The van der Waals surface area contributed by atoms with Gasteiger partial charge in [-0.3, -0.25) is 0 Å². The third kappa shape index (κ3) is 2.84. The number of halogens is 1. The molecule has 1 N–H and O–H groups in total. The van der Waals surface area contributed by atoms with Gasteiger partial charge in [0, 0.05) is 19.6 Å². The number of nitrogens with one attached hydrogen (secondary N) is 1. The lowest BCUT2D eigenvalue weighted by Crippen LogP contribution is -2.43. The summed E-state index contributed by atoms with van der Waals surface area (Å²) < 4.78 is 24.2. The smallest absolute Gasteiger partial charge is 0.211 e. The molecule has 90 valence electrons. The molecule has 15 heavy (non-hydrogen) atoms. The van der Waals surface area contributed by atoms with E-state index in [0.717, 1.165) is 25.9 Å². The van der Waals surface area contributed by atoms with Crippen LogP contribution in [-0.4, -0.2) is 45.2 Å². The Morgan fingerprint density at radius 1 is 1.20 bits per heavy atom. The second-order valence-electron chi connectivity index (χ2n) is 4.59. The number of rotatable bonds is 1. The fourth-order valence-corrected chi connectivity index (χ4v) is 3.36. The van der Waals surface area contributed by atoms with E-state index in [-0.39, 0.29) is 12.4 Å². The summed E-state index contributed by atoms with van der Waals surface area (Å²) in [6, 6.07) is 0. The van der Waals surface area contributed by atoms with Crippen molar-refractivity contribution in [2.75, 3.05) is 32.4 Å². The van der Waals surface area contributed by atoms with Gasteiger partial charge in [0.25, 0.3) is 0 Å². The molecule has 0 saturated carbocycles. The van der Waals surface area contributed by atoms with Crippen molar-refractivity contribution in [1.82, 2.24) is 9.62 Å². The maximum absolute atomic E-state index is 11.3. The third-order valence-electron chi connectivity index (χ3n) is 3.58. The van der Waals surface area contributed by atoms with Gasteiger partial charge < -0.3 is 5.32 Å². The lowest BCUT2D eigenvalue weighted by Gasteiger charge is -2.37. The Balaban J connectivity index is 0.00000112. The zero-order chi connectivity index (χ0) is 10.2. The van der Waals surface area contributed by atoms with E-state index in [2.05, 4.69) is 5.32 Å². The van der Waals surface area contributed by atoms with Crippen LogP contribution in [0.15, 0.2) is 0 Å². The van der Waals surface area contributed by atoms with Crippen molar-refractivity contribution in [3.05, 3.63) is 0 Å². The van der Waals surface area contributed by atoms with E-state index >= 15 is 0 Å². The van der Waals surface area contributed by atoms with Crippen LogP contribution in [0.4, 0.5) is 0 Å². The first kappa shape index (κ1) is 13.2. The van der Waals surface area contributed by atoms with Crippen LogP contribution in [-0.2, 0) is 10.0 Å². The maximum atomic E-state index is 11.3. The minimum Gasteiger partial charge on any atom is -0.316 e. The molecule has 2 rings (SSSR count). The van der Waals surface area contributed by atoms with Crippen molar-refractivity contribution >= 4 is 22.4 Å². The first-order valence-electron chi connectivity index (χ1n) is 5.18. The molecule has 0 aromatic carbocycles. The topological polar surface area (TPSA) is 49.4 Å². The molecule has 0 aliphatic carbocycles. The Morgan fingerprint density at radius 3 is 2.20 bits per heavy atom. The van der Waals surface area contributed by atoms with E-state index < -0.39 is 10.0 Å². The molecule has 6 heteroatoms. The predicted molar refractivity (Wildman–Crippen MR) is 62.8 cm³/mol. The molecule has 2 saturated heterocycles. The highest BCUT2D eigenvalue weighted by atomic mass is 35.5. The highest BCUT2D eigenvalue weighted by Crippen LogP contribution is 2.37. The average Bonchev–Trinajstić information content (AvgIpc) is 2.53. The van der Waals surface area contributed by atoms with Gasteiger partial charge in [0.05, 0.1) is 6.26 Å². The second-order valence-corrected chi connectivity index (χ2v) is 6.57. The van der Waals surface area contributed by atoms with Crippen LogP contribution in [0.3, 0.4) is 0 Å². The van der Waals surface area contributed by atoms with Gasteiger partial charge in [-0.1, -0.05) is 0 Å². The highest BCUT2D eigenvalue weighted by Gasteiger charge is 2.38. The first-order valence-corrected chi connectivity index (χ1v) is 7.03. The normalized spacial score (nSPS) is 26.5. The number of piperidine rings is 1. The van der Waals surface area contributed by atoms with Gasteiger partial charge in [0.2, 0.25) is 10.0 Å². The molecule has 0 amide bonds. The van der Waals surface area contributed by atoms with E-state index in [0.29, 0.717) is 18.5 Å². The fraction of sp³-hybridized carbons (Fsp3) is 1.00. The average molecular weight is 255 g/mol. The molecule has 1 spiro atoms. The summed E-state index contributed by atoms with van der Waals surface area (Å²) in [5.74, 6) is 0. The van der Waals surface area contributed by atoms with Gasteiger partial charge >= 0.3 is 0 Å². The third-order valence-corrected chi connectivity index (χ3v) is 4.89. The Hall–Kier alpha value is 0.160. The van der Waals surface area contributed by atoms with Crippen molar-refractivity contribution in [3.63, 3.8) is 0 Å². The minimum atomic E-state index is -2.96. The zero-order valence-electron chi connectivity index (χ0n) is 9.03. The molecule has 0 aromatic rings. The largest absolute Gasteiger partial charge is 0.316 e. The van der Waals surface area contributed by atoms with E-state index in [1.54, 1.807) is 4.31 Å². The van der Waals surface area contributed by atoms with Crippen molar-refractivity contribution in [2.24, 2.45) is 5.41 Å². The van der Waals surface area contributed by atoms with Crippen molar-refractivity contribution in [1.29, 1.82) is 0 Å². The van der Waals surface area contributed by atoms with Crippen LogP contribution >= 0.6 is 12.4 Å². The van der Waals surface area contributed by atoms with Crippen molar-refractivity contribution < 1.29 is 8.42 Å². The van der Waals surface area contributed by atoms with Gasteiger partial charge in [-0.2, -0.15) is 0 Å². The van der Waals surface area contributed by atoms with Gasteiger partial charge in [0.15, 0.2) is 0 Å². The molecule has 0 radical (unpaired) electrons. The van der Waals surface area contributed by atoms with E-state index in [1.165, 1.54) is 12.7 Å². The van der Waals surface area contributed by atoms with E-state index in [9.17, 15) is 8.42 Å². The molecule has 2 fully saturated rings. The van der Waals surface area contributed by atoms with Crippen LogP contribution in [0.5, 0.6) is 0 Å². The summed E-state index contributed by atoms with van der Waals surface area (Å²) in [6.45, 7) is 3.59. The number of hydrogen-bond donors (Lipinski definition) is 1. The minimum absolute atomic E-state index is 0. The summed E-state index contributed by atoms with van der Waals surface area (Å²) in [6.07, 6.45) is 4.56. The van der Waals surface area contributed by atoms with Crippen LogP contribution in [0, 0.1) is 5.41 Å².